The average molecular weight is 278 g/mol. The van der Waals surface area contributed by atoms with Crippen LogP contribution in [0.5, 0.6) is 0 Å². The lowest BCUT2D eigenvalue weighted by Crippen LogP contribution is -2.10. The Labute approximate surface area is 115 Å². The molecule has 0 aliphatic rings. The molecule has 0 amide bonds. The summed E-state index contributed by atoms with van der Waals surface area (Å²) < 4.78 is 40.0. The highest BCUT2D eigenvalue weighted by atomic mass is 19.1. The number of ketones is 1. The van der Waals surface area contributed by atoms with E-state index in [4.69, 9.17) is 0 Å². The largest absolute Gasteiger partial charge is 0.299 e. The van der Waals surface area contributed by atoms with Gasteiger partial charge in [-0.3, -0.25) is 4.79 Å². The van der Waals surface area contributed by atoms with E-state index in [0.29, 0.717) is 5.56 Å². The van der Waals surface area contributed by atoms with Gasteiger partial charge in [-0.15, -0.1) is 0 Å². The van der Waals surface area contributed by atoms with Crippen molar-refractivity contribution in [2.45, 2.75) is 19.8 Å². The van der Waals surface area contributed by atoms with Gasteiger partial charge in [0.05, 0.1) is 0 Å². The molecule has 0 unspecified atom stereocenters. The molecule has 0 atom stereocenters. The van der Waals surface area contributed by atoms with Crippen LogP contribution in [0.15, 0.2) is 36.4 Å². The van der Waals surface area contributed by atoms with Gasteiger partial charge in [-0.25, -0.2) is 13.2 Å². The Hall–Kier alpha value is -2.10. The molecule has 104 valence electrons. The van der Waals surface area contributed by atoms with Gasteiger partial charge in [0.25, 0.3) is 0 Å². The van der Waals surface area contributed by atoms with E-state index in [-0.39, 0.29) is 24.2 Å². The fraction of sp³-hybridized carbons (Fsp3) is 0.188. The molecule has 0 bridgehead atoms. The van der Waals surface area contributed by atoms with Gasteiger partial charge in [-0.05, 0) is 42.3 Å². The Bertz CT molecular complexity index is 630. The van der Waals surface area contributed by atoms with Crippen LogP contribution in [0.3, 0.4) is 0 Å². The third kappa shape index (κ3) is 3.26. The van der Waals surface area contributed by atoms with Crippen LogP contribution in [0.25, 0.3) is 0 Å². The van der Waals surface area contributed by atoms with Crippen molar-refractivity contribution in [3.8, 4) is 0 Å². The van der Waals surface area contributed by atoms with Crippen molar-refractivity contribution in [1.82, 2.24) is 0 Å². The normalized spacial score (nSPS) is 10.6. The van der Waals surface area contributed by atoms with Crippen LogP contribution in [-0.4, -0.2) is 5.78 Å². The summed E-state index contributed by atoms with van der Waals surface area (Å²) in [6.07, 6.45) is -0.383. The van der Waals surface area contributed by atoms with Crippen molar-refractivity contribution < 1.29 is 18.0 Å². The van der Waals surface area contributed by atoms with Crippen LogP contribution in [0, 0.1) is 24.4 Å². The van der Waals surface area contributed by atoms with E-state index in [2.05, 4.69) is 0 Å². The van der Waals surface area contributed by atoms with E-state index >= 15 is 0 Å². The predicted octanol–water partition coefficient (Wildman–Crippen LogP) is 3.77. The number of carbonyl (C=O) groups is 1. The van der Waals surface area contributed by atoms with E-state index in [1.165, 1.54) is 18.2 Å². The van der Waals surface area contributed by atoms with Gasteiger partial charge in [-0.2, -0.15) is 0 Å². The van der Waals surface area contributed by atoms with Crippen molar-refractivity contribution in [1.29, 1.82) is 0 Å². The number of hydrogen-bond donors (Lipinski definition) is 0. The first-order chi connectivity index (χ1) is 9.47. The maximum absolute atomic E-state index is 13.4. The number of rotatable bonds is 4. The molecule has 2 aromatic carbocycles. The van der Waals surface area contributed by atoms with Gasteiger partial charge >= 0.3 is 0 Å². The van der Waals surface area contributed by atoms with Crippen LogP contribution < -0.4 is 0 Å². The van der Waals surface area contributed by atoms with Gasteiger partial charge in [0, 0.05) is 18.4 Å². The molecule has 0 fully saturated rings. The second-order valence-corrected chi connectivity index (χ2v) is 4.66. The van der Waals surface area contributed by atoms with E-state index in [1.54, 1.807) is 13.0 Å². The second-order valence-electron chi connectivity index (χ2n) is 4.66. The van der Waals surface area contributed by atoms with Gasteiger partial charge in [0.1, 0.15) is 23.2 Å². The highest BCUT2D eigenvalue weighted by Gasteiger charge is 2.14. The molecule has 0 heterocycles. The molecule has 1 nitrogen and oxygen atoms in total. The average Bonchev–Trinajstić information content (AvgIpc) is 2.38. The minimum Gasteiger partial charge on any atom is -0.299 e. The highest BCUT2D eigenvalue weighted by Crippen LogP contribution is 2.16. The van der Waals surface area contributed by atoms with Gasteiger partial charge < -0.3 is 0 Å². The molecule has 20 heavy (non-hydrogen) atoms. The Morgan fingerprint density at radius 2 is 1.65 bits per heavy atom. The Morgan fingerprint density at radius 1 is 1.00 bits per heavy atom. The van der Waals surface area contributed by atoms with Crippen LogP contribution in [-0.2, 0) is 17.6 Å². The zero-order chi connectivity index (χ0) is 14.7. The second kappa shape index (κ2) is 5.90. The smallest absolute Gasteiger partial charge is 0.141 e. The van der Waals surface area contributed by atoms with Crippen LogP contribution >= 0.6 is 0 Å². The van der Waals surface area contributed by atoms with Gasteiger partial charge in [0.2, 0.25) is 0 Å². The third-order valence-electron chi connectivity index (χ3n) is 3.13. The molecule has 0 aliphatic heterocycles. The number of hydrogen-bond acceptors (Lipinski definition) is 1. The summed E-state index contributed by atoms with van der Waals surface area (Å²) in [7, 11) is 0. The fourth-order valence-corrected chi connectivity index (χ4v) is 2.00. The lowest BCUT2D eigenvalue weighted by atomic mass is 9.99. The number of benzene rings is 2. The standard InChI is InChI=1S/C16H13F3O/c1-10-5-6-12(17)7-11(10)8-13(20)9-14-15(18)3-2-4-16(14)19/h2-7H,8-9H2,1H3. The Balaban J connectivity index is 2.15. The monoisotopic (exact) mass is 278 g/mol. The molecular weight excluding hydrogens is 265 g/mol. The predicted molar refractivity (Wildman–Crippen MR) is 69.9 cm³/mol. The van der Waals surface area contributed by atoms with E-state index in [1.807, 2.05) is 0 Å². The third-order valence-corrected chi connectivity index (χ3v) is 3.13. The van der Waals surface area contributed by atoms with Crippen LogP contribution in [0.1, 0.15) is 16.7 Å². The molecule has 0 aliphatic carbocycles. The first-order valence-corrected chi connectivity index (χ1v) is 6.17. The van der Waals surface area contributed by atoms with Crippen molar-refractivity contribution >= 4 is 5.78 Å². The number of Topliss-reactive ketones (excluding diaryl/α,β-unsaturated/α-hetero) is 1. The molecule has 0 aromatic heterocycles. The Kier molecular flexibility index (Phi) is 4.23. The van der Waals surface area contributed by atoms with Crippen LogP contribution in [0.4, 0.5) is 13.2 Å². The first-order valence-electron chi connectivity index (χ1n) is 6.17. The molecule has 0 N–H and O–H groups in total. The van der Waals surface area contributed by atoms with Gasteiger partial charge in [-0.1, -0.05) is 12.1 Å². The van der Waals surface area contributed by atoms with Crippen molar-refractivity contribution in [2.24, 2.45) is 0 Å². The molecule has 2 rings (SSSR count). The summed E-state index contributed by atoms with van der Waals surface area (Å²) in [5.74, 6) is -2.28. The summed E-state index contributed by atoms with van der Waals surface area (Å²) in [6.45, 7) is 1.76. The zero-order valence-corrected chi connectivity index (χ0v) is 10.9. The molecule has 0 spiro atoms. The molecule has 0 radical (unpaired) electrons. The van der Waals surface area contributed by atoms with Gasteiger partial charge in [0.15, 0.2) is 0 Å². The summed E-state index contributed by atoms with van der Waals surface area (Å²) >= 11 is 0. The number of halogens is 3. The molecule has 0 saturated heterocycles. The highest BCUT2D eigenvalue weighted by molar-refractivity contribution is 5.83. The molecule has 0 saturated carbocycles. The minimum atomic E-state index is -0.741. The lowest BCUT2D eigenvalue weighted by molar-refractivity contribution is -0.117. The Morgan fingerprint density at radius 3 is 2.30 bits per heavy atom. The number of aryl methyl sites for hydroxylation is 1. The summed E-state index contributed by atoms with van der Waals surface area (Å²) in [5.41, 5.74) is 1.06. The SMILES string of the molecule is Cc1ccc(F)cc1CC(=O)Cc1c(F)cccc1F. The first kappa shape index (κ1) is 14.3. The molecule has 4 heteroatoms. The molecular formula is C16H13F3O. The van der Waals surface area contributed by atoms with Crippen molar-refractivity contribution in [3.63, 3.8) is 0 Å². The molecule has 2 aromatic rings. The zero-order valence-electron chi connectivity index (χ0n) is 10.9. The van der Waals surface area contributed by atoms with Crippen molar-refractivity contribution in [2.75, 3.05) is 0 Å². The van der Waals surface area contributed by atoms with E-state index in [9.17, 15) is 18.0 Å². The maximum Gasteiger partial charge on any atom is 0.141 e. The maximum atomic E-state index is 13.4. The topological polar surface area (TPSA) is 17.1 Å². The summed E-state index contributed by atoms with van der Waals surface area (Å²) in [5, 5.41) is 0. The fourth-order valence-electron chi connectivity index (χ4n) is 2.00. The van der Waals surface area contributed by atoms with Crippen molar-refractivity contribution in [3.05, 3.63) is 70.5 Å². The summed E-state index contributed by atoms with van der Waals surface area (Å²) in [4.78, 5) is 11.9. The van der Waals surface area contributed by atoms with E-state index in [0.717, 1.165) is 17.7 Å². The quantitative estimate of drug-likeness (QED) is 0.832. The minimum absolute atomic E-state index is 0.0443. The summed E-state index contributed by atoms with van der Waals surface area (Å²) in [6, 6.07) is 7.61. The van der Waals surface area contributed by atoms with E-state index < -0.39 is 17.5 Å². The van der Waals surface area contributed by atoms with Crippen LogP contribution in [0.2, 0.25) is 0 Å². The number of carbonyl (C=O) groups excluding carboxylic acids is 1. The lowest BCUT2D eigenvalue weighted by Gasteiger charge is -2.07.